The Balaban J connectivity index is 2.44. The normalized spacial score (nSPS) is 11.2. The minimum atomic E-state index is -4.34. The van der Waals surface area contributed by atoms with Crippen LogP contribution in [0.15, 0.2) is 41.3 Å². The molecule has 2 rings (SSSR count). The van der Waals surface area contributed by atoms with Gasteiger partial charge >= 0.3 is 0 Å². The summed E-state index contributed by atoms with van der Waals surface area (Å²) < 4.78 is 64.7. The molecule has 0 fully saturated rings. The zero-order chi connectivity index (χ0) is 17.7. The molecule has 1 N–H and O–H groups in total. The fourth-order valence-electron chi connectivity index (χ4n) is 2.01. The third-order valence-electron chi connectivity index (χ3n) is 2.99. The largest absolute Gasteiger partial charge is 0.494 e. The number of hydrogen-bond donors (Lipinski definition) is 1. The molecule has 2 aromatic carbocycles. The van der Waals surface area contributed by atoms with E-state index in [1.807, 2.05) is 0 Å². The zero-order valence-corrected chi connectivity index (χ0v) is 14.0. The Hall–Kier alpha value is -2.35. The number of sulfonamides is 1. The second-order valence-electron chi connectivity index (χ2n) is 4.70. The van der Waals surface area contributed by atoms with E-state index in [2.05, 4.69) is 4.72 Å². The predicted octanol–water partition coefficient (Wildman–Crippen LogP) is 3.56. The fourth-order valence-corrected chi connectivity index (χ4v) is 3.16. The van der Waals surface area contributed by atoms with Crippen molar-refractivity contribution in [2.24, 2.45) is 0 Å². The number of hydrogen-bond acceptors (Lipinski definition) is 4. The van der Waals surface area contributed by atoms with Crippen molar-refractivity contribution in [3.63, 3.8) is 0 Å². The highest BCUT2D eigenvalue weighted by molar-refractivity contribution is 7.92. The number of halogens is 2. The first kappa shape index (κ1) is 18.0. The molecule has 0 unspecified atom stereocenters. The second-order valence-corrected chi connectivity index (χ2v) is 6.36. The topological polar surface area (TPSA) is 64.6 Å². The third-order valence-corrected chi connectivity index (χ3v) is 4.37. The summed E-state index contributed by atoms with van der Waals surface area (Å²) in [5.41, 5.74) is 0.0754. The quantitative estimate of drug-likeness (QED) is 0.823. The van der Waals surface area contributed by atoms with Crippen LogP contribution < -0.4 is 14.2 Å². The van der Waals surface area contributed by atoms with Crippen molar-refractivity contribution in [2.75, 3.05) is 17.9 Å². The molecule has 0 spiro atoms. The van der Waals surface area contributed by atoms with Gasteiger partial charge in [-0.15, -0.1) is 0 Å². The van der Waals surface area contributed by atoms with Gasteiger partial charge in [0.05, 0.1) is 18.9 Å². The Labute approximate surface area is 139 Å². The first-order valence-electron chi connectivity index (χ1n) is 7.25. The molecule has 130 valence electrons. The van der Waals surface area contributed by atoms with E-state index < -0.39 is 26.6 Å². The van der Waals surface area contributed by atoms with E-state index >= 15 is 0 Å². The van der Waals surface area contributed by atoms with Crippen molar-refractivity contribution in [3.05, 3.63) is 48.0 Å². The Morgan fingerprint density at radius 1 is 1.00 bits per heavy atom. The average molecular weight is 357 g/mol. The first-order chi connectivity index (χ1) is 11.4. The SMILES string of the molecule is CCOc1ccc(OCC)c(NS(=O)(=O)c2cc(F)ccc2F)c1. The zero-order valence-electron chi connectivity index (χ0n) is 13.2. The van der Waals surface area contributed by atoms with Gasteiger partial charge < -0.3 is 9.47 Å². The number of benzene rings is 2. The Morgan fingerprint density at radius 3 is 2.38 bits per heavy atom. The van der Waals surface area contributed by atoms with Gasteiger partial charge in [0.25, 0.3) is 10.0 Å². The van der Waals surface area contributed by atoms with Crippen molar-refractivity contribution in [3.8, 4) is 11.5 Å². The Bertz CT molecular complexity index is 825. The van der Waals surface area contributed by atoms with Crippen LogP contribution >= 0.6 is 0 Å². The van der Waals surface area contributed by atoms with E-state index in [1.165, 1.54) is 12.1 Å². The van der Waals surface area contributed by atoms with Crippen molar-refractivity contribution in [1.29, 1.82) is 0 Å². The van der Waals surface area contributed by atoms with Gasteiger partial charge in [0.2, 0.25) is 0 Å². The average Bonchev–Trinajstić information content (AvgIpc) is 2.52. The fraction of sp³-hybridized carbons (Fsp3) is 0.250. The number of rotatable bonds is 7. The minimum Gasteiger partial charge on any atom is -0.494 e. The van der Waals surface area contributed by atoms with Gasteiger partial charge in [-0.25, -0.2) is 17.2 Å². The maximum Gasteiger partial charge on any atom is 0.265 e. The summed E-state index contributed by atoms with van der Waals surface area (Å²) >= 11 is 0. The van der Waals surface area contributed by atoms with E-state index in [0.29, 0.717) is 25.0 Å². The maximum atomic E-state index is 13.8. The predicted molar refractivity (Wildman–Crippen MR) is 85.9 cm³/mol. The lowest BCUT2D eigenvalue weighted by Crippen LogP contribution is -2.16. The number of anilines is 1. The molecular formula is C16H17F2NO4S. The molecule has 0 aromatic heterocycles. The van der Waals surface area contributed by atoms with E-state index in [1.54, 1.807) is 19.9 Å². The minimum absolute atomic E-state index is 0.0754. The second kappa shape index (κ2) is 7.48. The van der Waals surface area contributed by atoms with Crippen molar-refractivity contribution in [1.82, 2.24) is 0 Å². The van der Waals surface area contributed by atoms with Crippen LogP contribution in [0.4, 0.5) is 14.5 Å². The van der Waals surface area contributed by atoms with Gasteiger partial charge in [-0.05, 0) is 44.2 Å². The van der Waals surface area contributed by atoms with Gasteiger partial charge in [0, 0.05) is 6.07 Å². The van der Waals surface area contributed by atoms with E-state index in [-0.39, 0.29) is 11.4 Å². The van der Waals surface area contributed by atoms with Crippen LogP contribution in [0, 0.1) is 11.6 Å². The van der Waals surface area contributed by atoms with Gasteiger partial charge in [-0.3, -0.25) is 4.72 Å². The van der Waals surface area contributed by atoms with Crippen molar-refractivity contribution >= 4 is 15.7 Å². The summed E-state index contributed by atoms with van der Waals surface area (Å²) in [5.74, 6) is -1.24. The summed E-state index contributed by atoms with van der Waals surface area (Å²) in [6, 6.07) is 6.79. The number of nitrogens with one attached hydrogen (secondary N) is 1. The van der Waals surface area contributed by atoms with E-state index in [4.69, 9.17) is 9.47 Å². The molecule has 0 heterocycles. The smallest absolute Gasteiger partial charge is 0.265 e. The molecule has 0 aliphatic carbocycles. The van der Waals surface area contributed by atoms with E-state index in [0.717, 1.165) is 12.1 Å². The lowest BCUT2D eigenvalue weighted by molar-refractivity contribution is 0.332. The van der Waals surface area contributed by atoms with Crippen LogP contribution in [-0.4, -0.2) is 21.6 Å². The van der Waals surface area contributed by atoms with Gasteiger partial charge in [0.15, 0.2) is 0 Å². The summed E-state index contributed by atoms with van der Waals surface area (Å²) in [6.07, 6.45) is 0. The lowest BCUT2D eigenvalue weighted by atomic mass is 10.3. The molecule has 2 aromatic rings. The number of ether oxygens (including phenoxy) is 2. The first-order valence-corrected chi connectivity index (χ1v) is 8.73. The highest BCUT2D eigenvalue weighted by Gasteiger charge is 2.22. The highest BCUT2D eigenvalue weighted by Crippen LogP contribution is 2.31. The molecule has 24 heavy (non-hydrogen) atoms. The van der Waals surface area contributed by atoms with Crippen LogP contribution in [0.2, 0.25) is 0 Å². The molecule has 0 atom stereocenters. The molecule has 0 saturated heterocycles. The van der Waals surface area contributed by atoms with Crippen molar-refractivity contribution < 1.29 is 26.7 Å². The summed E-state index contributed by atoms with van der Waals surface area (Å²) in [5, 5.41) is 0. The third kappa shape index (κ3) is 4.14. The molecule has 0 aliphatic rings. The van der Waals surface area contributed by atoms with Crippen LogP contribution in [0.1, 0.15) is 13.8 Å². The molecule has 0 radical (unpaired) electrons. The van der Waals surface area contributed by atoms with Crippen molar-refractivity contribution in [2.45, 2.75) is 18.7 Å². The van der Waals surface area contributed by atoms with E-state index in [9.17, 15) is 17.2 Å². The lowest BCUT2D eigenvalue weighted by Gasteiger charge is -2.15. The Morgan fingerprint density at radius 2 is 1.71 bits per heavy atom. The Kier molecular flexibility index (Phi) is 5.61. The summed E-state index contributed by atoms with van der Waals surface area (Å²) in [7, 11) is -4.34. The maximum absolute atomic E-state index is 13.8. The van der Waals surface area contributed by atoms with Crippen LogP contribution in [0.25, 0.3) is 0 Å². The van der Waals surface area contributed by atoms with Gasteiger partial charge in [-0.2, -0.15) is 0 Å². The molecule has 5 nitrogen and oxygen atoms in total. The molecule has 0 amide bonds. The van der Waals surface area contributed by atoms with Gasteiger partial charge in [0.1, 0.15) is 28.0 Å². The van der Waals surface area contributed by atoms with Gasteiger partial charge in [-0.1, -0.05) is 0 Å². The standard InChI is InChI=1S/C16H17F2NO4S/c1-3-22-12-6-8-15(23-4-2)14(10-12)19-24(20,21)16-9-11(17)5-7-13(16)18/h5-10,19H,3-4H2,1-2H3. The molecule has 0 bridgehead atoms. The summed E-state index contributed by atoms with van der Waals surface area (Å²) in [6.45, 7) is 4.21. The van der Waals surface area contributed by atoms with Crippen LogP contribution in [0.5, 0.6) is 11.5 Å². The molecular weight excluding hydrogens is 340 g/mol. The molecule has 8 heteroatoms. The monoisotopic (exact) mass is 357 g/mol. The highest BCUT2D eigenvalue weighted by atomic mass is 32.2. The summed E-state index contributed by atoms with van der Waals surface area (Å²) in [4.78, 5) is -0.785. The van der Waals surface area contributed by atoms with Crippen LogP contribution in [0.3, 0.4) is 0 Å². The molecule has 0 aliphatic heterocycles. The molecule has 0 saturated carbocycles. The van der Waals surface area contributed by atoms with Crippen LogP contribution in [-0.2, 0) is 10.0 Å².